The first-order valence-corrected chi connectivity index (χ1v) is 9.60. The second-order valence-corrected chi connectivity index (χ2v) is 7.70. The van der Waals surface area contributed by atoms with Crippen LogP contribution in [0.25, 0.3) is 0 Å². The van der Waals surface area contributed by atoms with Crippen molar-refractivity contribution in [3.05, 3.63) is 70.2 Å². The first-order chi connectivity index (χ1) is 13.0. The van der Waals surface area contributed by atoms with Crippen molar-refractivity contribution in [1.29, 1.82) is 0 Å². The highest BCUT2D eigenvalue weighted by atomic mass is 35.5. The zero-order valence-electron chi connectivity index (χ0n) is 15.7. The van der Waals surface area contributed by atoms with Gasteiger partial charge in [0.05, 0.1) is 0 Å². The van der Waals surface area contributed by atoms with E-state index in [2.05, 4.69) is 29.7 Å². The minimum atomic E-state index is -0.489. The van der Waals surface area contributed by atoms with E-state index in [9.17, 15) is 4.79 Å². The van der Waals surface area contributed by atoms with Crippen LogP contribution in [0, 0.1) is 0 Å². The van der Waals surface area contributed by atoms with Gasteiger partial charge >= 0.3 is 0 Å². The van der Waals surface area contributed by atoms with Crippen LogP contribution in [0.3, 0.4) is 0 Å². The van der Waals surface area contributed by atoms with E-state index in [1.165, 1.54) is 5.56 Å². The zero-order valence-corrected chi connectivity index (χ0v) is 16.5. The molecule has 1 fully saturated rings. The average molecular weight is 388 g/mol. The smallest absolute Gasteiger partial charge is 0.274 e. The molecule has 0 aromatic heterocycles. The summed E-state index contributed by atoms with van der Waals surface area (Å²) in [6, 6.07) is 16.2. The molecule has 0 aliphatic carbocycles. The second-order valence-electron chi connectivity index (χ2n) is 7.29. The molecule has 0 unspecified atom stereocenters. The third kappa shape index (κ3) is 4.87. The van der Waals surface area contributed by atoms with Crippen LogP contribution in [-0.4, -0.2) is 46.1 Å². The van der Waals surface area contributed by atoms with Gasteiger partial charge < -0.3 is 0 Å². The van der Waals surface area contributed by atoms with Crippen LogP contribution in [0.1, 0.15) is 35.3 Å². The van der Waals surface area contributed by atoms with E-state index in [1.807, 2.05) is 30.3 Å². The molecule has 0 saturated carbocycles. The molecule has 1 amide bonds. The third-order valence-electron chi connectivity index (χ3n) is 5.21. The summed E-state index contributed by atoms with van der Waals surface area (Å²) in [5, 5.41) is 9.54. The predicted molar refractivity (Wildman–Crippen MR) is 107 cm³/mol. The van der Waals surface area contributed by atoms with Gasteiger partial charge in [0.2, 0.25) is 0 Å². The first kappa shape index (κ1) is 19.8. The predicted octanol–water partition coefficient (Wildman–Crippen LogP) is 3.55. The largest absolute Gasteiger partial charge is 0.296 e. The molecule has 0 spiro atoms. The van der Waals surface area contributed by atoms with Crippen molar-refractivity contribution in [2.24, 2.45) is 0 Å². The van der Waals surface area contributed by atoms with E-state index in [-0.39, 0.29) is 0 Å². The van der Waals surface area contributed by atoms with Crippen molar-refractivity contribution in [2.75, 3.05) is 13.1 Å². The number of hydrogen-bond acceptors (Lipinski definition) is 4. The average Bonchev–Trinajstić information content (AvgIpc) is 2.66. The fourth-order valence-electron chi connectivity index (χ4n) is 3.81. The van der Waals surface area contributed by atoms with Gasteiger partial charge in [0.25, 0.3) is 5.91 Å². The Labute approximate surface area is 165 Å². The number of halogens is 1. The Bertz CT molecular complexity index is 769. The minimum Gasteiger partial charge on any atom is -0.296 e. The van der Waals surface area contributed by atoms with Gasteiger partial charge in [-0.1, -0.05) is 41.9 Å². The highest BCUT2D eigenvalue weighted by molar-refractivity contribution is 6.31. The lowest BCUT2D eigenvalue weighted by Crippen LogP contribution is -2.55. The van der Waals surface area contributed by atoms with Crippen molar-refractivity contribution in [3.63, 3.8) is 0 Å². The molecule has 0 bridgehead atoms. The molecule has 2 atom stereocenters. The Hall–Kier alpha value is -1.92. The van der Waals surface area contributed by atoms with Gasteiger partial charge in [-0.3, -0.25) is 19.8 Å². The molecule has 2 N–H and O–H groups in total. The fourth-order valence-corrected chi connectivity index (χ4v) is 4.01. The summed E-state index contributed by atoms with van der Waals surface area (Å²) in [6.07, 6.45) is 0. The van der Waals surface area contributed by atoms with E-state index in [0.717, 1.165) is 36.8 Å². The Kier molecular flexibility index (Phi) is 6.50. The number of nitrogens with one attached hydrogen (secondary N) is 1. The highest BCUT2D eigenvalue weighted by Gasteiger charge is 2.29. The van der Waals surface area contributed by atoms with Gasteiger partial charge in [0, 0.05) is 48.8 Å². The van der Waals surface area contributed by atoms with Gasteiger partial charge in [-0.15, -0.1) is 0 Å². The topological polar surface area (TPSA) is 55.8 Å². The van der Waals surface area contributed by atoms with Crippen molar-refractivity contribution in [3.8, 4) is 0 Å². The number of hydrogen-bond donors (Lipinski definition) is 2. The van der Waals surface area contributed by atoms with Crippen LogP contribution < -0.4 is 5.48 Å². The minimum absolute atomic E-state index is 0.414. The van der Waals surface area contributed by atoms with E-state index < -0.39 is 5.91 Å². The number of carbonyl (C=O) groups excluding carboxylic acids is 1. The summed E-state index contributed by atoms with van der Waals surface area (Å²) in [5.74, 6) is -0.489. The van der Waals surface area contributed by atoms with E-state index in [0.29, 0.717) is 17.6 Å². The third-order valence-corrected chi connectivity index (χ3v) is 5.58. The summed E-state index contributed by atoms with van der Waals surface area (Å²) in [6.45, 7) is 8.18. The zero-order chi connectivity index (χ0) is 19.4. The molecule has 1 heterocycles. The molecular weight excluding hydrogens is 362 g/mol. The van der Waals surface area contributed by atoms with Gasteiger partial charge in [-0.2, -0.15) is 0 Å². The van der Waals surface area contributed by atoms with Crippen LogP contribution in [0.4, 0.5) is 0 Å². The molecule has 1 aliphatic heterocycles. The van der Waals surface area contributed by atoms with Crippen LogP contribution >= 0.6 is 11.6 Å². The Balaban J connectivity index is 1.62. The van der Waals surface area contributed by atoms with Crippen LogP contribution in [0.5, 0.6) is 0 Å². The maximum absolute atomic E-state index is 11.4. The lowest BCUT2D eigenvalue weighted by Gasteiger charge is -2.44. The number of rotatable bonds is 5. The second kappa shape index (κ2) is 8.85. The van der Waals surface area contributed by atoms with Crippen LogP contribution in [0.15, 0.2) is 48.5 Å². The molecule has 0 radical (unpaired) electrons. The fraction of sp³-hybridized carbons (Fsp3) is 0.381. The normalized spacial score (nSPS) is 21.2. The van der Waals surface area contributed by atoms with E-state index in [1.54, 1.807) is 17.6 Å². The molecule has 5 nitrogen and oxygen atoms in total. The van der Waals surface area contributed by atoms with Crippen molar-refractivity contribution >= 4 is 17.5 Å². The number of hydroxylamine groups is 1. The number of benzene rings is 2. The quantitative estimate of drug-likeness (QED) is 0.608. The summed E-state index contributed by atoms with van der Waals surface area (Å²) >= 11 is 6.32. The maximum Gasteiger partial charge on any atom is 0.274 e. The molecular formula is C21H26ClN3O2. The highest BCUT2D eigenvalue weighted by Crippen LogP contribution is 2.23. The number of carbonyl (C=O) groups is 1. The Morgan fingerprint density at radius 3 is 2.30 bits per heavy atom. The van der Waals surface area contributed by atoms with Gasteiger partial charge in [-0.05, 0) is 43.2 Å². The molecule has 1 aliphatic rings. The molecule has 27 heavy (non-hydrogen) atoms. The van der Waals surface area contributed by atoms with Crippen molar-refractivity contribution < 1.29 is 10.0 Å². The van der Waals surface area contributed by atoms with Gasteiger partial charge in [0.15, 0.2) is 0 Å². The summed E-state index contributed by atoms with van der Waals surface area (Å²) in [7, 11) is 0. The van der Waals surface area contributed by atoms with Crippen LogP contribution in [0.2, 0.25) is 5.02 Å². The van der Waals surface area contributed by atoms with E-state index >= 15 is 0 Å². The lowest BCUT2D eigenvalue weighted by atomic mass is 10.0. The standard InChI is InChI=1S/C21H26ClN3O2/c1-15-11-24(14-19-5-3-4-6-20(19)22)12-16(2)25(15)13-17-7-9-18(10-8-17)21(26)23-27/h3-10,15-16,27H,11-14H2,1-2H3,(H,23,26)/t15-,16+. The number of piperazine rings is 1. The maximum atomic E-state index is 11.4. The summed E-state index contributed by atoms with van der Waals surface area (Å²) in [4.78, 5) is 16.4. The van der Waals surface area contributed by atoms with Crippen molar-refractivity contribution in [2.45, 2.75) is 39.0 Å². The lowest BCUT2D eigenvalue weighted by molar-refractivity contribution is 0.0290. The molecule has 2 aromatic rings. The van der Waals surface area contributed by atoms with Gasteiger partial charge in [0.1, 0.15) is 0 Å². The SMILES string of the molecule is C[C@@H]1CN(Cc2ccccc2Cl)C[C@H](C)N1Cc1ccc(C(=O)NO)cc1. The Morgan fingerprint density at radius 2 is 1.70 bits per heavy atom. The first-order valence-electron chi connectivity index (χ1n) is 9.23. The molecule has 2 aromatic carbocycles. The summed E-state index contributed by atoms with van der Waals surface area (Å²) < 4.78 is 0. The molecule has 1 saturated heterocycles. The molecule has 3 rings (SSSR count). The molecule has 6 heteroatoms. The molecule has 144 valence electrons. The number of nitrogens with zero attached hydrogens (tertiary/aromatic N) is 2. The van der Waals surface area contributed by atoms with Crippen LogP contribution in [-0.2, 0) is 13.1 Å². The van der Waals surface area contributed by atoms with E-state index in [4.69, 9.17) is 16.8 Å². The van der Waals surface area contributed by atoms with Gasteiger partial charge in [-0.25, -0.2) is 5.48 Å². The summed E-state index contributed by atoms with van der Waals surface area (Å²) in [5.41, 5.74) is 4.44. The monoisotopic (exact) mass is 387 g/mol. The number of amides is 1. The van der Waals surface area contributed by atoms with Crippen molar-refractivity contribution in [1.82, 2.24) is 15.3 Å². The Morgan fingerprint density at radius 1 is 1.07 bits per heavy atom.